The first-order valence-corrected chi connectivity index (χ1v) is 10.6. The number of nitrogens with zero attached hydrogens (tertiary/aromatic N) is 7. The summed E-state index contributed by atoms with van der Waals surface area (Å²) in [5.74, 6) is 1.67. The van der Waals surface area contributed by atoms with E-state index >= 15 is 0 Å². The van der Waals surface area contributed by atoms with E-state index in [1.165, 1.54) is 19.2 Å². The number of hydrogen-bond acceptors (Lipinski definition) is 6. The van der Waals surface area contributed by atoms with Gasteiger partial charge in [0, 0.05) is 56.9 Å². The van der Waals surface area contributed by atoms with Crippen molar-refractivity contribution in [2.45, 2.75) is 45.1 Å². The predicted octanol–water partition coefficient (Wildman–Crippen LogP) is 0.872. The number of amides is 2. The average molecular weight is 397 g/mol. The van der Waals surface area contributed by atoms with Gasteiger partial charge in [0.2, 0.25) is 11.8 Å². The fourth-order valence-electron chi connectivity index (χ4n) is 5.02. The Morgan fingerprint density at radius 1 is 1.14 bits per heavy atom. The van der Waals surface area contributed by atoms with Gasteiger partial charge in [0.05, 0.1) is 5.92 Å². The van der Waals surface area contributed by atoms with Crippen LogP contribution in [0.5, 0.6) is 0 Å². The van der Waals surface area contributed by atoms with Crippen LogP contribution >= 0.6 is 0 Å². The highest BCUT2D eigenvalue weighted by molar-refractivity contribution is 5.89. The lowest BCUT2D eigenvalue weighted by atomic mass is 10.1. The van der Waals surface area contributed by atoms with E-state index in [2.05, 4.69) is 20.0 Å². The lowest BCUT2D eigenvalue weighted by Gasteiger charge is -2.37. The van der Waals surface area contributed by atoms with Crippen LogP contribution in [0.25, 0.3) is 5.78 Å². The number of anilines is 1. The minimum atomic E-state index is -0.181. The second-order valence-electron chi connectivity index (χ2n) is 8.43. The quantitative estimate of drug-likeness (QED) is 0.764. The fraction of sp³-hybridized carbons (Fsp3) is 0.650. The Balaban J connectivity index is 1.23. The monoisotopic (exact) mass is 397 g/mol. The van der Waals surface area contributed by atoms with Crippen LogP contribution < -0.4 is 4.90 Å². The second kappa shape index (κ2) is 7.27. The number of aromatic nitrogens is 4. The van der Waals surface area contributed by atoms with Gasteiger partial charge >= 0.3 is 0 Å². The van der Waals surface area contributed by atoms with Gasteiger partial charge < -0.3 is 14.7 Å². The van der Waals surface area contributed by atoms with E-state index in [0.29, 0.717) is 37.9 Å². The Morgan fingerprint density at radius 3 is 2.66 bits per heavy atom. The largest absolute Gasteiger partial charge is 0.353 e. The van der Waals surface area contributed by atoms with Crippen molar-refractivity contribution in [3.05, 3.63) is 18.1 Å². The Morgan fingerprint density at radius 2 is 1.90 bits per heavy atom. The zero-order valence-corrected chi connectivity index (χ0v) is 16.8. The van der Waals surface area contributed by atoms with Crippen molar-refractivity contribution in [3.8, 4) is 0 Å². The predicted molar refractivity (Wildman–Crippen MR) is 106 cm³/mol. The van der Waals surface area contributed by atoms with Crippen LogP contribution in [-0.2, 0) is 9.59 Å². The maximum Gasteiger partial charge on any atom is 0.254 e. The van der Waals surface area contributed by atoms with Crippen LogP contribution in [-0.4, -0.2) is 80.0 Å². The summed E-state index contributed by atoms with van der Waals surface area (Å²) >= 11 is 0. The second-order valence-corrected chi connectivity index (χ2v) is 8.43. The summed E-state index contributed by atoms with van der Waals surface area (Å²) in [5.41, 5.74) is 0.899. The third-order valence-corrected chi connectivity index (χ3v) is 6.55. The van der Waals surface area contributed by atoms with Crippen LogP contribution in [0.15, 0.2) is 12.4 Å². The van der Waals surface area contributed by atoms with E-state index in [0.717, 1.165) is 37.4 Å². The number of carbonyl (C=O) groups excluding carboxylic acids is 2. The molecule has 4 heterocycles. The molecule has 1 atom stereocenters. The molecule has 2 amide bonds. The molecule has 5 rings (SSSR count). The third kappa shape index (κ3) is 3.32. The lowest BCUT2D eigenvalue weighted by Crippen LogP contribution is -2.51. The molecule has 2 aliphatic heterocycles. The number of hydrogen-bond donors (Lipinski definition) is 0. The Labute approximate surface area is 169 Å². The van der Waals surface area contributed by atoms with E-state index in [9.17, 15) is 9.59 Å². The van der Waals surface area contributed by atoms with Gasteiger partial charge in [-0.05, 0) is 19.8 Å². The lowest BCUT2D eigenvalue weighted by molar-refractivity contribution is -0.136. The van der Waals surface area contributed by atoms with E-state index in [1.54, 1.807) is 4.52 Å². The third-order valence-electron chi connectivity index (χ3n) is 6.55. The molecule has 9 nitrogen and oxygen atoms in total. The summed E-state index contributed by atoms with van der Waals surface area (Å²) in [6, 6.07) is 2.37. The molecule has 0 spiro atoms. The first kappa shape index (κ1) is 18.3. The number of rotatable bonds is 3. The van der Waals surface area contributed by atoms with Gasteiger partial charge in [-0.25, -0.2) is 4.98 Å². The Hall–Kier alpha value is -2.71. The van der Waals surface area contributed by atoms with Crippen molar-refractivity contribution in [2.24, 2.45) is 5.92 Å². The SMILES string of the molecule is Cc1cc(N2CCN(C(=O)C3CC(=O)N(C4CCCC4)C3)CC2)n2ncnc2n1. The summed E-state index contributed by atoms with van der Waals surface area (Å²) in [6.07, 6.45) is 6.46. The van der Waals surface area contributed by atoms with Gasteiger partial charge in [-0.2, -0.15) is 14.6 Å². The molecule has 1 saturated carbocycles. The van der Waals surface area contributed by atoms with Crippen molar-refractivity contribution in [2.75, 3.05) is 37.6 Å². The summed E-state index contributed by atoms with van der Waals surface area (Å²) in [5, 5.41) is 4.28. The molecular formula is C20H27N7O2. The molecule has 1 aliphatic carbocycles. The van der Waals surface area contributed by atoms with Crippen LogP contribution in [0.2, 0.25) is 0 Å². The highest BCUT2D eigenvalue weighted by atomic mass is 16.2. The maximum atomic E-state index is 13.1. The van der Waals surface area contributed by atoms with E-state index in [1.807, 2.05) is 22.8 Å². The van der Waals surface area contributed by atoms with Crippen LogP contribution in [0.1, 0.15) is 37.8 Å². The topological polar surface area (TPSA) is 86.9 Å². The molecule has 3 aliphatic rings. The summed E-state index contributed by atoms with van der Waals surface area (Å²) in [4.78, 5) is 40.2. The fourth-order valence-corrected chi connectivity index (χ4v) is 5.02. The van der Waals surface area contributed by atoms with E-state index in [-0.39, 0.29) is 17.7 Å². The summed E-state index contributed by atoms with van der Waals surface area (Å²) < 4.78 is 1.75. The van der Waals surface area contributed by atoms with Crippen molar-refractivity contribution in [1.82, 2.24) is 29.4 Å². The number of aryl methyl sites for hydroxylation is 1. The molecule has 2 aromatic heterocycles. The van der Waals surface area contributed by atoms with Gasteiger partial charge in [0.25, 0.3) is 5.78 Å². The molecule has 1 unspecified atom stereocenters. The molecule has 2 aromatic rings. The molecule has 2 saturated heterocycles. The standard InChI is InChI=1S/C20H27N7O2/c1-14-10-17(27-20(23-14)21-13-22-27)24-6-8-25(9-7-24)19(29)15-11-18(28)26(12-15)16-4-2-3-5-16/h10,13,15-16H,2-9,11-12H2,1H3. The van der Waals surface area contributed by atoms with Crippen molar-refractivity contribution < 1.29 is 9.59 Å². The molecule has 9 heteroatoms. The Bertz CT molecular complexity index is 928. The van der Waals surface area contributed by atoms with Gasteiger partial charge in [-0.15, -0.1) is 0 Å². The Kier molecular flexibility index (Phi) is 4.60. The van der Waals surface area contributed by atoms with Crippen molar-refractivity contribution in [3.63, 3.8) is 0 Å². The molecule has 0 N–H and O–H groups in total. The van der Waals surface area contributed by atoms with Crippen molar-refractivity contribution in [1.29, 1.82) is 0 Å². The van der Waals surface area contributed by atoms with Crippen LogP contribution in [0, 0.1) is 12.8 Å². The molecule has 0 bridgehead atoms. The van der Waals surface area contributed by atoms with Gasteiger partial charge in [0.15, 0.2) is 0 Å². The first-order chi connectivity index (χ1) is 14.1. The number of likely N-dealkylation sites (tertiary alicyclic amines) is 1. The minimum absolute atomic E-state index is 0.135. The van der Waals surface area contributed by atoms with Crippen LogP contribution in [0.3, 0.4) is 0 Å². The minimum Gasteiger partial charge on any atom is -0.353 e. The van der Waals surface area contributed by atoms with E-state index < -0.39 is 0 Å². The normalized spacial score (nSPS) is 23.6. The smallest absolute Gasteiger partial charge is 0.254 e. The molecular weight excluding hydrogens is 370 g/mol. The van der Waals surface area contributed by atoms with Gasteiger partial charge in [-0.1, -0.05) is 12.8 Å². The highest BCUT2D eigenvalue weighted by Crippen LogP contribution is 2.30. The highest BCUT2D eigenvalue weighted by Gasteiger charge is 2.40. The summed E-state index contributed by atoms with van der Waals surface area (Å²) in [7, 11) is 0. The van der Waals surface area contributed by atoms with Crippen molar-refractivity contribution >= 4 is 23.4 Å². The zero-order valence-electron chi connectivity index (χ0n) is 16.8. The molecule has 0 aromatic carbocycles. The number of carbonyl (C=O) groups is 2. The van der Waals surface area contributed by atoms with E-state index in [4.69, 9.17) is 0 Å². The van der Waals surface area contributed by atoms with Crippen LogP contribution in [0.4, 0.5) is 5.82 Å². The van der Waals surface area contributed by atoms with Gasteiger partial charge in [0.1, 0.15) is 12.1 Å². The molecule has 154 valence electrons. The maximum absolute atomic E-state index is 13.1. The number of fused-ring (bicyclic) bond motifs is 1. The molecule has 29 heavy (non-hydrogen) atoms. The zero-order chi connectivity index (χ0) is 20.0. The molecule has 0 radical (unpaired) electrons. The summed E-state index contributed by atoms with van der Waals surface area (Å²) in [6.45, 7) is 5.33. The first-order valence-electron chi connectivity index (χ1n) is 10.6. The van der Waals surface area contributed by atoms with Gasteiger partial charge in [-0.3, -0.25) is 9.59 Å². The molecule has 3 fully saturated rings. The average Bonchev–Trinajstić information content (AvgIpc) is 3.47. The number of piperazine rings is 1.